The van der Waals surface area contributed by atoms with Gasteiger partial charge in [-0.05, 0) is 57.9 Å². The fraction of sp³-hybridized carbons (Fsp3) is 0. The van der Waals surface area contributed by atoms with Gasteiger partial charge in [-0.3, -0.25) is 0 Å². The maximum atomic E-state index is 10.5. The predicted octanol–water partition coefficient (Wildman–Crippen LogP) is 5.24. The molecule has 0 fully saturated rings. The zero-order chi connectivity index (χ0) is 16.1. The van der Waals surface area contributed by atoms with Crippen LogP contribution in [0.25, 0.3) is 44.0 Å². The van der Waals surface area contributed by atoms with Gasteiger partial charge in [0.1, 0.15) is 11.6 Å². The maximum Gasteiger partial charge on any atom is 0.142 e. The van der Waals surface area contributed by atoms with Crippen molar-refractivity contribution in [2.75, 3.05) is 0 Å². The van der Waals surface area contributed by atoms with E-state index >= 15 is 0 Å². The second kappa shape index (κ2) is 4.83. The summed E-state index contributed by atoms with van der Waals surface area (Å²) in [6.07, 6.45) is 0. The summed E-state index contributed by atoms with van der Waals surface area (Å²) in [6.45, 7) is 0. The first-order valence-corrected chi connectivity index (χ1v) is 7.88. The molecule has 5 rings (SSSR count). The molecule has 4 aromatic carbocycles. The van der Waals surface area contributed by atoms with Gasteiger partial charge in [-0.15, -0.1) is 0 Å². The number of aromatic nitrogens is 2. The van der Waals surface area contributed by atoms with E-state index in [1.807, 2.05) is 48.5 Å². The number of H-pyrrole nitrogens is 1. The lowest BCUT2D eigenvalue weighted by Gasteiger charge is -2.07. The molecule has 0 bridgehead atoms. The van der Waals surface area contributed by atoms with Crippen LogP contribution in [0.1, 0.15) is 0 Å². The minimum atomic E-state index is 0.233. The number of benzene rings is 4. The number of aromatic amines is 1. The van der Waals surface area contributed by atoms with Crippen molar-refractivity contribution in [3.05, 3.63) is 72.8 Å². The number of hydrogen-bond acceptors (Lipinski definition) is 2. The Kier molecular flexibility index (Phi) is 2.65. The summed E-state index contributed by atoms with van der Waals surface area (Å²) in [5.41, 5.74) is 2.57. The van der Waals surface area contributed by atoms with Crippen LogP contribution in [0.2, 0.25) is 0 Å². The molecule has 0 radical (unpaired) electrons. The van der Waals surface area contributed by atoms with Gasteiger partial charge in [0.05, 0.1) is 16.6 Å². The molecule has 3 heteroatoms. The highest BCUT2D eigenvalue weighted by Gasteiger charge is 2.11. The van der Waals surface area contributed by atoms with Gasteiger partial charge >= 0.3 is 0 Å². The van der Waals surface area contributed by atoms with Gasteiger partial charge in [0.15, 0.2) is 0 Å². The average molecular weight is 310 g/mol. The van der Waals surface area contributed by atoms with E-state index in [0.717, 1.165) is 21.8 Å². The predicted molar refractivity (Wildman–Crippen MR) is 98.2 cm³/mol. The molecule has 1 heterocycles. The van der Waals surface area contributed by atoms with Gasteiger partial charge in [0.25, 0.3) is 0 Å². The van der Waals surface area contributed by atoms with E-state index in [-0.39, 0.29) is 5.75 Å². The Morgan fingerprint density at radius 2 is 1.38 bits per heavy atom. The van der Waals surface area contributed by atoms with Gasteiger partial charge < -0.3 is 10.1 Å². The SMILES string of the molecule is Oc1cc2cc3ccccc3cc2cc1-c1nc2ccccc2[nH]1. The molecule has 114 valence electrons. The first-order chi connectivity index (χ1) is 11.8. The van der Waals surface area contributed by atoms with Gasteiger partial charge in [-0.25, -0.2) is 4.98 Å². The Balaban J connectivity index is 1.78. The van der Waals surface area contributed by atoms with Crippen molar-refractivity contribution in [3.63, 3.8) is 0 Å². The van der Waals surface area contributed by atoms with Crippen molar-refractivity contribution >= 4 is 32.6 Å². The van der Waals surface area contributed by atoms with Crippen LogP contribution in [0.5, 0.6) is 5.75 Å². The van der Waals surface area contributed by atoms with Gasteiger partial charge in [-0.1, -0.05) is 36.4 Å². The van der Waals surface area contributed by atoms with E-state index in [2.05, 4.69) is 34.2 Å². The van der Waals surface area contributed by atoms with Crippen molar-refractivity contribution in [1.82, 2.24) is 9.97 Å². The molecule has 0 spiro atoms. The van der Waals surface area contributed by atoms with Gasteiger partial charge in [-0.2, -0.15) is 0 Å². The van der Waals surface area contributed by atoms with E-state index < -0.39 is 0 Å². The molecular formula is C21H14N2O. The van der Waals surface area contributed by atoms with Crippen LogP contribution in [-0.4, -0.2) is 15.1 Å². The van der Waals surface area contributed by atoms with Crippen molar-refractivity contribution in [1.29, 1.82) is 0 Å². The fourth-order valence-electron chi connectivity index (χ4n) is 3.25. The number of hydrogen-bond donors (Lipinski definition) is 2. The van der Waals surface area contributed by atoms with Crippen LogP contribution in [0.4, 0.5) is 0 Å². The monoisotopic (exact) mass is 310 g/mol. The number of nitrogens with zero attached hydrogens (tertiary/aromatic N) is 1. The number of aromatic hydroxyl groups is 1. The number of fused-ring (bicyclic) bond motifs is 3. The molecule has 1 aromatic heterocycles. The Bertz CT molecular complexity index is 1190. The molecule has 0 amide bonds. The van der Waals surface area contributed by atoms with Crippen LogP contribution in [-0.2, 0) is 0 Å². The van der Waals surface area contributed by atoms with Crippen LogP contribution >= 0.6 is 0 Å². The molecule has 3 nitrogen and oxygen atoms in total. The topological polar surface area (TPSA) is 48.9 Å². The number of imidazole rings is 1. The van der Waals surface area contributed by atoms with Crippen molar-refractivity contribution in [2.24, 2.45) is 0 Å². The second-order valence-corrected chi connectivity index (χ2v) is 6.02. The highest BCUT2D eigenvalue weighted by atomic mass is 16.3. The molecule has 0 saturated heterocycles. The molecule has 2 N–H and O–H groups in total. The summed E-state index contributed by atoms with van der Waals surface area (Å²) in [5, 5.41) is 15.0. The first-order valence-electron chi connectivity index (χ1n) is 7.88. The minimum absolute atomic E-state index is 0.233. The quantitative estimate of drug-likeness (QED) is 0.416. The number of phenols is 1. The third-order valence-electron chi connectivity index (χ3n) is 4.46. The second-order valence-electron chi connectivity index (χ2n) is 6.02. The normalized spacial score (nSPS) is 11.5. The lowest BCUT2D eigenvalue weighted by Crippen LogP contribution is -1.84. The van der Waals surface area contributed by atoms with Crippen LogP contribution in [0, 0.1) is 0 Å². The minimum Gasteiger partial charge on any atom is -0.507 e. The molecule has 0 atom stereocenters. The zero-order valence-corrected chi connectivity index (χ0v) is 12.8. The first kappa shape index (κ1) is 13.1. The molecule has 0 aliphatic heterocycles. The molecule has 0 aliphatic carbocycles. The van der Waals surface area contributed by atoms with Crippen molar-refractivity contribution < 1.29 is 5.11 Å². The summed E-state index contributed by atoms with van der Waals surface area (Å²) in [7, 11) is 0. The van der Waals surface area contributed by atoms with Crippen LogP contribution in [0.15, 0.2) is 72.8 Å². The molecular weight excluding hydrogens is 296 g/mol. The molecule has 5 aromatic rings. The number of rotatable bonds is 1. The Hall–Kier alpha value is -3.33. The maximum absolute atomic E-state index is 10.5. The summed E-state index contributed by atoms with van der Waals surface area (Å²) in [5.74, 6) is 0.917. The highest BCUT2D eigenvalue weighted by Crippen LogP contribution is 2.34. The highest BCUT2D eigenvalue weighted by molar-refractivity contribution is 6.00. The van der Waals surface area contributed by atoms with E-state index in [9.17, 15) is 5.11 Å². The van der Waals surface area contributed by atoms with Gasteiger partial charge in [0.2, 0.25) is 0 Å². The van der Waals surface area contributed by atoms with E-state index in [1.165, 1.54) is 10.8 Å². The zero-order valence-electron chi connectivity index (χ0n) is 12.8. The Morgan fingerprint density at radius 1 is 0.708 bits per heavy atom. The number of phenolic OH excluding ortho intramolecular Hbond substituents is 1. The smallest absolute Gasteiger partial charge is 0.142 e. The lowest BCUT2D eigenvalue weighted by atomic mass is 10.0. The summed E-state index contributed by atoms with van der Waals surface area (Å²) in [6, 6.07) is 24.2. The third-order valence-corrected chi connectivity index (χ3v) is 4.46. The van der Waals surface area contributed by atoms with Crippen LogP contribution in [0.3, 0.4) is 0 Å². The fourth-order valence-corrected chi connectivity index (χ4v) is 3.25. The van der Waals surface area contributed by atoms with Crippen LogP contribution < -0.4 is 0 Å². The average Bonchev–Trinajstić information content (AvgIpc) is 3.03. The molecule has 24 heavy (non-hydrogen) atoms. The third kappa shape index (κ3) is 1.95. The van der Waals surface area contributed by atoms with E-state index in [1.54, 1.807) is 0 Å². The number of nitrogens with one attached hydrogen (secondary N) is 1. The standard InChI is InChI=1S/C21H14N2O/c24-20-12-16-10-14-6-2-1-5-13(14)9-15(16)11-17(20)21-22-18-7-3-4-8-19(18)23-21/h1-12,24H,(H,22,23). The lowest BCUT2D eigenvalue weighted by molar-refractivity contribution is 0.478. The molecule has 0 unspecified atom stereocenters. The number of para-hydroxylation sites is 2. The summed E-state index contributed by atoms with van der Waals surface area (Å²) in [4.78, 5) is 7.88. The van der Waals surface area contributed by atoms with Gasteiger partial charge in [0, 0.05) is 0 Å². The largest absolute Gasteiger partial charge is 0.507 e. The molecule has 0 aliphatic rings. The van der Waals surface area contributed by atoms with E-state index in [0.29, 0.717) is 11.4 Å². The Morgan fingerprint density at radius 3 is 2.12 bits per heavy atom. The van der Waals surface area contributed by atoms with Crippen molar-refractivity contribution in [3.8, 4) is 17.1 Å². The molecule has 0 saturated carbocycles. The summed E-state index contributed by atoms with van der Waals surface area (Å²) >= 11 is 0. The summed E-state index contributed by atoms with van der Waals surface area (Å²) < 4.78 is 0. The Labute approximate surface area is 138 Å². The van der Waals surface area contributed by atoms with E-state index in [4.69, 9.17) is 0 Å². The van der Waals surface area contributed by atoms with Crippen molar-refractivity contribution in [2.45, 2.75) is 0 Å².